The summed E-state index contributed by atoms with van der Waals surface area (Å²) in [6.07, 6.45) is 8.14. The normalized spacial score (nSPS) is 14.9. The molecule has 1 aliphatic rings. The number of unbranched alkanes of at least 4 members (excludes halogenated alkanes) is 1. The van der Waals surface area contributed by atoms with Crippen LogP contribution in [0.15, 0.2) is 6.07 Å². The molecule has 0 radical (unpaired) electrons. The summed E-state index contributed by atoms with van der Waals surface area (Å²) in [7, 11) is 1.48. The zero-order chi connectivity index (χ0) is 15.5. The maximum absolute atomic E-state index is 12.0. The van der Waals surface area contributed by atoms with Gasteiger partial charge >= 0.3 is 5.97 Å². The number of hydrogen-bond acceptors (Lipinski definition) is 2. The van der Waals surface area contributed by atoms with E-state index in [1.807, 2.05) is 13.8 Å². The lowest BCUT2D eigenvalue weighted by Gasteiger charge is -2.23. The van der Waals surface area contributed by atoms with Crippen LogP contribution in [0.3, 0.4) is 0 Å². The van der Waals surface area contributed by atoms with Crippen LogP contribution in [0, 0.1) is 5.41 Å². The van der Waals surface area contributed by atoms with Gasteiger partial charge in [0.15, 0.2) is 0 Å². The molecule has 0 fully saturated rings. The second kappa shape index (κ2) is 6.67. The second-order valence-corrected chi connectivity index (χ2v) is 6.87. The van der Waals surface area contributed by atoms with Gasteiger partial charge in [-0.05, 0) is 57.6 Å². The van der Waals surface area contributed by atoms with Crippen molar-refractivity contribution in [3.63, 3.8) is 0 Å². The van der Waals surface area contributed by atoms with Crippen LogP contribution < -0.4 is 0 Å². The maximum Gasteiger partial charge on any atom is 0.311 e. The second-order valence-electron chi connectivity index (χ2n) is 6.87. The van der Waals surface area contributed by atoms with Crippen molar-refractivity contribution in [3.8, 4) is 0 Å². The molecule has 0 atom stereocenters. The molecule has 1 heterocycles. The molecule has 0 saturated carbocycles. The smallest absolute Gasteiger partial charge is 0.311 e. The van der Waals surface area contributed by atoms with Crippen LogP contribution in [-0.4, -0.2) is 17.6 Å². The Hall–Kier alpha value is -1.25. The van der Waals surface area contributed by atoms with E-state index in [1.165, 1.54) is 62.6 Å². The number of aromatic nitrogens is 1. The lowest BCUT2D eigenvalue weighted by Crippen LogP contribution is -2.29. The van der Waals surface area contributed by atoms with Crippen LogP contribution in [0.2, 0.25) is 0 Å². The highest BCUT2D eigenvalue weighted by Crippen LogP contribution is 2.30. The van der Waals surface area contributed by atoms with Crippen molar-refractivity contribution in [1.29, 1.82) is 0 Å². The molecule has 0 amide bonds. The van der Waals surface area contributed by atoms with Crippen molar-refractivity contribution in [2.45, 2.75) is 72.3 Å². The van der Waals surface area contributed by atoms with Crippen LogP contribution >= 0.6 is 0 Å². The summed E-state index contributed by atoms with van der Waals surface area (Å²) >= 11 is 0. The number of fused-ring (bicyclic) bond motifs is 1. The molecule has 0 bridgehead atoms. The van der Waals surface area contributed by atoms with Crippen molar-refractivity contribution < 1.29 is 9.53 Å². The molecule has 3 nitrogen and oxygen atoms in total. The summed E-state index contributed by atoms with van der Waals surface area (Å²) in [5, 5.41) is 0. The molecule has 1 aliphatic carbocycles. The van der Waals surface area contributed by atoms with E-state index >= 15 is 0 Å². The van der Waals surface area contributed by atoms with Gasteiger partial charge in [0.1, 0.15) is 0 Å². The lowest BCUT2D eigenvalue weighted by atomic mass is 9.87. The van der Waals surface area contributed by atoms with Gasteiger partial charge in [-0.15, -0.1) is 0 Å². The Morgan fingerprint density at radius 1 is 1.33 bits per heavy atom. The number of esters is 1. The SMILES string of the molecule is CCCCn1c(CC(C)(C)C(=O)OC)cc2c1CCCC2. The molecule has 0 N–H and O–H groups in total. The first-order chi connectivity index (χ1) is 9.99. The predicted molar refractivity (Wildman–Crippen MR) is 85.5 cm³/mol. The molecule has 2 rings (SSSR count). The standard InChI is InChI=1S/C18H29NO2/c1-5-6-11-19-15(13-18(2,3)17(20)21-4)12-14-9-7-8-10-16(14)19/h12H,5-11,13H2,1-4H3. The number of hydrogen-bond donors (Lipinski definition) is 0. The minimum atomic E-state index is -0.459. The third-order valence-corrected chi connectivity index (χ3v) is 4.59. The third kappa shape index (κ3) is 3.50. The fraction of sp³-hybridized carbons (Fsp3) is 0.722. The Morgan fingerprint density at radius 3 is 2.71 bits per heavy atom. The van der Waals surface area contributed by atoms with E-state index in [1.54, 1.807) is 0 Å². The number of carbonyl (C=O) groups excluding carboxylic acids is 1. The molecule has 0 spiro atoms. The van der Waals surface area contributed by atoms with Crippen LogP contribution in [-0.2, 0) is 35.3 Å². The average Bonchev–Trinajstić information content (AvgIpc) is 2.80. The number of aryl methyl sites for hydroxylation is 1. The minimum absolute atomic E-state index is 0.122. The molecule has 21 heavy (non-hydrogen) atoms. The third-order valence-electron chi connectivity index (χ3n) is 4.59. The number of carbonyl (C=O) groups is 1. The summed E-state index contributed by atoms with van der Waals surface area (Å²) in [6.45, 7) is 7.27. The van der Waals surface area contributed by atoms with Gasteiger partial charge in [-0.25, -0.2) is 0 Å². The van der Waals surface area contributed by atoms with Gasteiger partial charge in [-0.2, -0.15) is 0 Å². The molecule has 3 heteroatoms. The largest absolute Gasteiger partial charge is 0.469 e. The number of ether oxygens (including phenoxy) is 1. The lowest BCUT2D eigenvalue weighted by molar-refractivity contribution is -0.150. The van der Waals surface area contributed by atoms with E-state index in [9.17, 15) is 4.79 Å². The zero-order valence-electron chi connectivity index (χ0n) is 14.0. The Kier molecular flexibility index (Phi) is 5.13. The van der Waals surface area contributed by atoms with Crippen molar-refractivity contribution in [1.82, 2.24) is 4.57 Å². The zero-order valence-corrected chi connectivity index (χ0v) is 14.0. The minimum Gasteiger partial charge on any atom is -0.469 e. The number of nitrogens with zero attached hydrogens (tertiary/aromatic N) is 1. The van der Waals surface area contributed by atoms with Crippen molar-refractivity contribution in [2.75, 3.05) is 7.11 Å². The monoisotopic (exact) mass is 291 g/mol. The van der Waals surface area contributed by atoms with Gasteiger partial charge in [0.25, 0.3) is 0 Å². The quantitative estimate of drug-likeness (QED) is 0.744. The van der Waals surface area contributed by atoms with E-state index in [4.69, 9.17) is 4.74 Å². The molecule has 1 aromatic heterocycles. The van der Waals surface area contributed by atoms with Crippen LogP contribution in [0.25, 0.3) is 0 Å². The number of methoxy groups -OCH3 is 1. The summed E-state index contributed by atoms with van der Waals surface area (Å²) in [6, 6.07) is 2.34. The van der Waals surface area contributed by atoms with Gasteiger partial charge in [-0.1, -0.05) is 13.3 Å². The van der Waals surface area contributed by atoms with Crippen molar-refractivity contribution >= 4 is 5.97 Å². The molecule has 0 unspecified atom stereocenters. The molecule has 1 aromatic rings. The van der Waals surface area contributed by atoms with Crippen molar-refractivity contribution in [3.05, 3.63) is 23.0 Å². The van der Waals surface area contributed by atoms with Gasteiger partial charge in [0.2, 0.25) is 0 Å². The molecule has 0 aliphatic heterocycles. The van der Waals surface area contributed by atoms with Crippen LogP contribution in [0.5, 0.6) is 0 Å². The molecule has 0 aromatic carbocycles. The highest BCUT2D eigenvalue weighted by Gasteiger charge is 2.31. The van der Waals surface area contributed by atoms with Gasteiger partial charge < -0.3 is 9.30 Å². The first kappa shape index (κ1) is 16.1. The molecular formula is C18H29NO2. The Morgan fingerprint density at radius 2 is 2.05 bits per heavy atom. The maximum atomic E-state index is 12.0. The molecular weight excluding hydrogens is 262 g/mol. The van der Waals surface area contributed by atoms with E-state index in [0.29, 0.717) is 0 Å². The van der Waals surface area contributed by atoms with E-state index in [2.05, 4.69) is 17.6 Å². The summed E-state index contributed by atoms with van der Waals surface area (Å²) in [4.78, 5) is 12.0. The van der Waals surface area contributed by atoms with Crippen LogP contribution in [0.1, 0.15) is 63.4 Å². The highest BCUT2D eigenvalue weighted by atomic mass is 16.5. The van der Waals surface area contributed by atoms with Gasteiger partial charge in [0.05, 0.1) is 12.5 Å². The average molecular weight is 291 g/mol. The topological polar surface area (TPSA) is 31.2 Å². The fourth-order valence-electron chi connectivity index (χ4n) is 3.37. The van der Waals surface area contributed by atoms with E-state index in [0.717, 1.165) is 13.0 Å². The van der Waals surface area contributed by atoms with E-state index < -0.39 is 5.41 Å². The first-order valence-corrected chi connectivity index (χ1v) is 8.28. The first-order valence-electron chi connectivity index (χ1n) is 8.28. The molecule has 0 saturated heterocycles. The van der Waals surface area contributed by atoms with Gasteiger partial charge in [0, 0.05) is 24.4 Å². The fourth-order valence-corrected chi connectivity index (χ4v) is 3.37. The summed E-state index contributed by atoms with van der Waals surface area (Å²) in [5.74, 6) is -0.122. The Balaban J connectivity index is 2.29. The highest BCUT2D eigenvalue weighted by molar-refractivity contribution is 5.76. The van der Waals surface area contributed by atoms with Gasteiger partial charge in [-0.3, -0.25) is 4.79 Å². The Bertz CT molecular complexity index is 500. The predicted octanol–water partition coefficient (Wildman–Crippen LogP) is 3.91. The summed E-state index contributed by atoms with van der Waals surface area (Å²) in [5.41, 5.74) is 3.88. The van der Waals surface area contributed by atoms with E-state index in [-0.39, 0.29) is 5.97 Å². The van der Waals surface area contributed by atoms with Crippen LogP contribution in [0.4, 0.5) is 0 Å². The summed E-state index contributed by atoms with van der Waals surface area (Å²) < 4.78 is 7.45. The molecule has 118 valence electrons. The number of rotatable bonds is 6. The van der Waals surface area contributed by atoms with Crippen molar-refractivity contribution in [2.24, 2.45) is 5.41 Å². The Labute approximate surface area is 128 Å².